The van der Waals surface area contributed by atoms with Gasteiger partial charge >= 0.3 is 0 Å². The maximum absolute atomic E-state index is 13.1. The summed E-state index contributed by atoms with van der Waals surface area (Å²) in [6.07, 6.45) is 1.00. The van der Waals surface area contributed by atoms with Crippen molar-refractivity contribution in [3.8, 4) is 10.6 Å². The molecule has 0 aliphatic heterocycles. The van der Waals surface area contributed by atoms with Crippen LogP contribution in [0.25, 0.3) is 10.6 Å². The first-order chi connectivity index (χ1) is 8.10. The smallest absolute Gasteiger partial charge is 0.126 e. The van der Waals surface area contributed by atoms with Gasteiger partial charge in [-0.1, -0.05) is 13.8 Å². The fraction of sp³-hybridized carbons (Fsp3) is 0.308. The standard InChI is InChI=1S/C13H13F2NS/c1-3-8(2)12-7-17-13(16-12)9-4-10(14)6-11(15)5-9/h4-8H,3H2,1-2H3. The van der Waals surface area contributed by atoms with Crippen LogP contribution in [0.5, 0.6) is 0 Å². The minimum absolute atomic E-state index is 0.374. The predicted octanol–water partition coefficient (Wildman–Crippen LogP) is 4.60. The van der Waals surface area contributed by atoms with E-state index in [1.54, 1.807) is 0 Å². The van der Waals surface area contributed by atoms with Crippen LogP contribution in [0.4, 0.5) is 8.78 Å². The number of benzene rings is 1. The Morgan fingerprint density at radius 3 is 2.47 bits per heavy atom. The number of rotatable bonds is 3. The molecule has 0 aliphatic carbocycles. The zero-order valence-corrected chi connectivity index (χ0v) is 10.5. The second-order valence-corrected chi connectivity index (χ2v) is 4.90. The van der Waals surface area contributed by atoms with E-state index in [1.807, 2.05) is 5.38 Å². The quantitative estimate of drug-likeness (QED) is 0.779. The molecule has 2 aromatic rings. The van der Waals surface area contributed by atoms with E-state index in [9.17, 15) is 8.78 Å². The number of hydrogen-bond acceptors (Lipinski definition) is 2. The summed E-state index contributed by atoms with van der Waals surface area (Å²) in [5.74, 6) is -0.765. The number of hydrogen-bond donors (Lipinski definition) is 0. The van der Waals surface area contributed by atoms with Gasteiger partial charge in [0.1, 0.15) is 16.6 Å². The Bertz CT molecular complexity index is 502. The summed E-state index contributed by atoms with van der Waals surface area (Å²) < 4.78 is 26.2. The van der Waals surface area contributed by atoms with Crippen molar-refractivity contribution in [2.45, 2.75) is 26.2 Å². The second kappa shape index (κ2) is 4.92. The molecule has 1 unspecified atom stereocenters. The van der Waals surface area contributed by atoms with Gasteiger partial charge in [-0.05, 0) is 24.5 Å². The fourth-order valence-corrected chi connectivity index (χ4v) is 2.46. The molecule has 4 heteroatoms. The van der Waals surface area contributed by atoms with E-state index < -0.39 is 11.6 Å². The van der Waals surface area contributed by atoms with E-state index in [1.165, 1.54) is 23.5 Å². The Morgan fingerprint density at radius 1 is 1.24 bits per heavy atom. The van der Waals surface area contributed by atoms with E-state index in [0.29, 0.717) is 16.5 Å². The van der Waals surface area contributed by atoms with Crippen LogP contribution in [0.2, 0.25) is 0 Å². The molecule has 1 heterocycles. The monoisotopic (exact) mass is 253 g/mol. The average molecular weight is 253 g/mol. The van der Waals surface area contributed by atoms with Crippen LogP contribution < -0.4 is 0 Å². The first kappa shape index (κ1) is 12.2. The lowest BCUT2D eigenvalue weighted by molar-refractivity contribution is 0.584. The molecule has 1 aromatic carbocycles. The molecule has 1 nitrogen and oxygen atoms in total. The third kappa shape index (κ3) is 2.69. The maximum Gasteiger partial charge on any atom is 0.126 e. The zero-order chi connectivity index (χ0) is 12.4. The minimum atomic E-state index is -0.569. The second-order valence-electron chi connectivity index (χ2n) is 4.04. The van der Waals surface area contributed by atoms with Gasteiger partial charge in [-0.25, -0.2) is 13.8 Å². The van der Waals surface area contributed by atoms with Gasteiger partial charge in [0.2, 0.25) is 0 Å². The van der Waals surface area contributed by atoms with Gasteiger partial charge in [-0.2, -0.15) is 0 Å². The van der Waals surface area contributed by atoms with Gasteiger partial charge in [0.25, 0.3) is 0 Å². The molecule has 17 heavy (non-hydrogen) atoms. The Labute approximate surface area is 103 Å². The lowest BCUT2D eigenvalue weighted by Crippen LogP contribution is -1.91. The first-order valence-corrected chi connectivity index (χ1v) is 6.40. The molecule has 90 valence electrons. The molecular formula is C13H13F2NS. The Balaban J connectivity index is 2.36. The highest BCUT2D eigenvalue weighted by molar-refractivity contribution is 7.13. The Morgan fingerprint density at radius 2 is 1.88 bits per heavy atom. The largest absolute Gasteiger partial charge is 0.241 e. The van der Waals surface area contributed by atoms with E-state index in [2.05, 4.69) is 18.8 Å². The zero-order valence-electron chi connectivity index (χ0n) is 9.71. The van der Waals surface area contributed by atoms with E-state index in [-0.39, 0.29) is 0 Å². The number of aromatic nitrogens is 1. The number of nitrogens with zero attached hydrogens (tertiary/aromatic N) is 1. The van der Waals surface area contributed by atoms with Crippen LogP contribution in [0.3, 0.4) is 0 Å². The topological polar surface area (TPSA) is 12.9 Å². The van der Waals surface area contributed by atoms with Gasteiger partial charge in [-0.3, -0.25) is 0 Å². The van der Waals surface area contributed by atoms with Gasteiger partial charge in [0.05, 0.1) is 5.69 Å². The van der Waals surface area contributed by atoms with Crippen LogP contribution >= 0.6 is 11.3 Å². The van der Waals surface area contributed by atoms with Crippen LogP contribution in [0, 0.1) is 11.6 Å². The molecule has 1 aromatic heterocycles. The van der Waals surface area contributed by atoms with Crippen LogP contribution in [0.15, 0.2) is 23.6 Å². The minimum Gasteiger partial charge on any atom is -0.241 e. The van der Waals surface area contributed by atoms with Crippen molar-refractivity contribution >= 4 is 11.3 Å². The molecule has 0 radical (unpaired) electrons. The maximum atomic E-state index is 13.1. The van der Waals surface area contributed by atoms with Crippen molar-refractivity contribution in [3.05, 3.63) is 40.9 Å². The van der Waals surface area contributed by atoms with E-state index >= 15 is 0 Å². The molecule has 1 atom stereocenters. The van der Waals surface area contributed by atoms with Crippen molar-refractivity contribution in [3.63, 3.8) is 0 Å². The summed E-state index contributed by atoms with van der Waals surface area (Å²) >= 11 is 1.42. The summed E-state index contributed by atoms with van der Waals surface area (Å²) in [4.78, 5) is 4.42. The third-order valence-corrected chi connectivity index (χ3v) is 3.66. The van der Waals surface area contributed by atoms with E-state index in [4.69, 9.17) is 0 Å². The van der Waals surface area contributed by atoms with E-state index in [0.717, 1.165) is 18.2 Å². The van der Waals surface area contributed by atoms with Gasteiger partial charge in [-0.15, -0.1) is 11.3 Å². The van der Waals surface area contributed by atoms with Gasteiger partial charge in [0, 0.05) is 17.0 Å². The molecule has 2 rings (SSSR count). The predicted molar refractivity (Wildman–Crippen MR) is 66.2 cm³/mol. The SMILES string of the molecule is CCC(C)c1csc(-c2cc(F)cc(F)c2)n1. The normalized spacial score (nSPS) is 12.7. The van der Waals surface area contributed by atoms with Crippen LogP contribution in [0.1, 0.15) is 31.9 Å². The summed E-state index contributed by atoms with van der Waals surface area (Å²) in [6.45, 7) is 4.18. The van der Waals surface area contributed by atoms with Crippen molar-refractivity contribution in [1.29, 1.82) is 0 Å². The molecular weight excluding hydrogens is 240 g/mol. The lowest BCUT2D eigenvalue weighted by Gasteiger charge is -2.02. The summed E-state index contributed by atoms with van der Waals surface area (Å²) in [6, 6.07) is 3.48. The Hall–Kier alpha value is -1.29. The number of thiazole rings is 1. The van der Waals surface area contributed by atoms with Crippen LogP contribution in [-0.2, 0) is 0 Å². The Kier molecular flexibility index (Phi) is 3.52. The van der Waals surface area contributed by atoms with Gasteiger partial charge in [0.15, 0.2) is 0 Å². The highest BCUT2D eigenvalue weighted by Gasteiger charge is 2.11. The molecule has 0 fully saturated rings. The summed E-state index contributed by atoms with van der Waals surface area (Å²) in [5.41, 5.74) is 1.49. The highest BCUT2D eigenvalue weighted by atomic mass is 32.1. The van der Waals surface area contributed by atoms with Gasteiger partial charge < -0.3 is 0 Å². The van der Waals surface area contributed by atoms with Crippen LogP contribution in [-0.4, -0.2) is 4.98 Å². The molecule has 0 amide bonds. The summed E-state index contributed by atoms with van der Waals surface area (Å²) in [5, 5.41) is 2.62. The molecule has 0 bridgehead atoms. The fourth-order valence-electron chi connectivity index (χ4n) is 1.53. The number of halogens is 2. The van der Waals surface area contributed by atoms with Crippen molar-refractivity contribution in [2.24, 2.45) is 0 Å². The van der Waals surface area contributed by atoms with Crippen molar-refractivity contribution < 1.29 is 8.78 Å². The average Bonchev–Trinajstić information content (AvgIpc) is 2.76. The summed E-state index contributed by atoms with van der Waals surface area (Å²) in [7, 11) is 0. The molecule has 0 saturated carbocycles. The lowest BCUT2D eigenvalue weighted by atomic mass is 10.1. The molecule has 0 aliphatic rings. The van der Waals surface area contributed by atoms with Crippen molar-refractivity contribution in [1.82, 2.24) is 4.98 Å². The third-order valence-electron chi connectivity index (χ3n) is 2.75. The molecule has 0 spiro atoms. The first-order valence-electron chi connectivity index (χ1n) is 5.52. The van der Waals surface area contributed by atoms with Crippen molar-refractivity contribution in [2.75, 3.05) is 0 Å². The molecule has 0 saturated heterocycles. The molecule has 0 N–H and O–H groups in total. The highest BCUT2D eigenvalue weighted by Crippen LogP contribution is 2.28.